The van der Waals surface area contributed by atoms with Gasteiger partial charge >= 0.3 is 0 Å². The molecule has 1 amide bonds. The van der Waals surface area contributed by atoms with Gasteiger partial charge in [-0.15, -0.1) is 0 Å². The van der Waals surface area contributed by atoms with E-state index in [-0.39, 0.29) is 17.9 Å². The largest absolute Gasteiger partial charge is 0.493 e. The van der Waals surface area contributed by atoms with Crippen LogP contribution >= 0.6 is 0 Å². The first-order chi connectivity index (χ1) is 13.0. The summed E-state index contributed by atoms with van der Waals surface area (Å²) in [5.41, 5.74) is 2.03. The molecule has 0 spiro atoms. The van der Waals surface area contributed by atoms with Crippen LogP contribution in [0.3, 0.4) is 0 Å². The molecule has 0 aliphatic carbocycles. The van der Waals surface area contributed by atoms with Crippen LogP contribution in [0.25, 0.3) is 0 Å². The third kappa shape index (κ3) is 5.75. The minimum Gasteiger partial charge on any atom is -0.493 e. The Kier molecular flexibility index (Phi) is 7.71. The lowest BCUT2D eigenvalue weighted by atomic mass is 9.95. The van der Waals surface area contributed by atoms with Crippen LogP contribution in [0.1, 0.15) is 57.2 Å². The molecule has 0 aliphatic rings. The van der Waals surface area contributed by atoms with E-state index in [0.29, 0.717) is 18.3 Å². The van der Waals surface area contributed by atoms with E-state index >= 15 is 0 Å². The van der Waals surface area contributed by atoms with Crippen LogP contribution in [-0.2, 0) is 4.79 Å². The second kappa shape index (κ2) is 10.0. The lowest BCUT2D eigenvalue weighted by Gasteiger charge is -2.21. The molecule has 2 aromatic rings. The van der Waals surface area contributed by atoms with E-state index in [1.807, 2.05) is 62.4 Å². The minimum atomic E-state index is -0.149. The quantitative estimate of drug-likeness (QED) is 0.669. The van der Waals surface area contributed by atoms with Crippen LogP contribution in [0.15, 0.2) is 48.5 Å². The molecule has 0 heterocycles. The van der Waals surface area contributed by atoms with Gasteiger partial charge in [-0.1, -0.05) is 57.2 Å². The van der Waals surface area contributed by atoms with Crippen molar-refractivity contribution in [3.63, 3.8) is 0 Å². The minimum absolute atomic E-state index is 0.0373. The molecule has 0 aliphatic heterocycles. The zero-order valence-corrected chi connectivity index (χ0v) is 17.0. The second-order valence-corrected chi connectivity index (χ2v) is 7.22. The van der Waals surface area contributed by atoms with Gasteiger partial charge in [0.05, 0.1) is 25.7 Å². The normalized spacial score (nSPS) is 13.1. The molecule has 1 N–H and O–H groups in total. The van der Waals surface area contributed by atoms with E-state index in [1.165, 1.54) is 0 Å². The van der Waals surface area contributed by atoms with Gasteiger partial charge in [-0.3, -0.25) is 4.79 Å². The maximum Gasteiger partial charge on any atom is 0.228 e. The van der Waals surface area contributed by atoms with E-state index in [1.54, 1.807) is 7.11 Å². The van der Waals surface area contributed by atoms with Gasteiger partial charge in [-0.25, -0.2) is 0 Å². The fraction of sp³-hybridized carbons (Fsp3) is 0.435. The number of methoxy groups -OCH3 is 1. The number of benzene rings is 2. The van der Waals surface area contributed by atoms with Crippen molar-refractivity contribution < 1.29 is 14.3 Å². The highest BCUT2D eigenvalue weighted by molar-refractivity contribution is 5.84. The Hall–Kier alpha value is -2.49. The summed E-state index contributed by atoms with van der Waals surface area (Å²) in [6.07, 6.45) is 0.758. The van der Waals surface area contributed by atoms with Gasteiger partial charge in [0.2, 0.25) is 5.91 Å². The number of nitrogens with one attached hydrogen (secondary N) is 1. The fourth-order valence-corrected chi connectivity index (χ4v) is 2.98. The lowest BCUT2D eigenvalue weighted by molar-refractivity contribution is -0.123. The first kappa shape index (κ1) is 20.8. The number of ether oxygens (including phenoxy) is 2. The fourth-order valence-electron chi connectivity index (χ4n) is 2.98. The molecule has 27 heavy (non-hydrogen) atoms. The molecule has 2 rings (SSSR count). The maximum atomic E-state index is 12.8. The van der Waals surface area contributed by atoms with Crippen LogP contribution in [-0.4, -0.2) is 19.6 Å². The SMILES string of the molecule is CCC(C(=O)NC(C)c1ccc(OCC(C)C)c(OC)c1)c1ccccc1. The van der Waals surface area contributed by atoms with Crippen molar-refractivity contribution >= 4 is 5.91 Å². The molecular weight excluding hydrogens is 338 g/mol. The molecule has 0 saturated heterocycles. The smallest absolute Gasteiger partial charge is 0.228 e. The third-order valence-electron chi connectivity index (χ3n) is 4.55. The van der Waals surface area contributed by atoms with Crippen LogP contribution < -0.4 is 14.8 Å². The first-order valence-corrected chi connectivity index (χ1v) is 9.62. The molecule has 4 heteroatoms. The Morgan fingerprint density at radius 3 is 2.30 bits per heavy atom. The van der Waals surface area contributed by atoms with E-state index < -0.39 is 0 Å². The van der Waals surface area contributed by atoms with Gasteiger partial charge in [0.1, 0.15) is 0 Å². The summed E-state index contributed by atoms with van der Waals surface area (Å²) in [5, 5.41) is 3.13. The lowest BCUT2D eigenvalue weighted by Crippen LogP contribution is -2.31. The number of hydrogen-bond donors (Lipinski definition) is 1. The maximum absolute atomic E-state index is 12.8. The number of rotatable bonds is 9. The Morgan fingerprint density at radius 1 is 1.00 bits per heavy atom. The summed E-state index contributed by atoms with van der Waals surface area (Å²) in [5.74, 6) is 1.74. The highest BCUT2D eigenvalue weighted by Crippen LogP contribution is 2.31. The van der Waals surface area contributed by atoms with Crippen molar-refractivity contribution in [3.8, 4) is 11.5 Å². The Bertz CT molecular complexity index is 728. The predicted molar refractivity (Wildman–Crippen MR) is 109 cm³/mol. The molecular formula is C23H31NO3. The first-order valence-electron chi connectivity index (χ1n) is 9.62. The van der Waals surface area contributed by atoms with Gasteiger partial charge in [0, 0.05) is 0 Å². The number of carbonyl (C=O) groups excluding carboxylic acids is 1. The summed E-state index contributed by atoms with van der Waals surface area (Å²) < 4.78 is 11.3. The molecule has 4 nitrogen and oxygen atoms in total. The number of hydrogen-bond acceptors (Lipinski definition) is 3. The summed E-state index contributed by atoms with van der Waals surface area (Å²) in [4.78, 5) is 12.8. The Morgan fingerprint density at radius 2 is 1.70 bits per heavy atom. The van der Waals surface area contributed by atoms with Gasteiger partial charge in [-0.2, -0.15) is 0 Å². The molecule has 0 bridgehead atoms. The number of amides is 1. The highest BCUT2D eigenvalue weighted by atomic mass is 16.5. The standard InChI is InChI=1S/C23H31NO3/c1-6-20(18-10-8-7-9-11-18)23(25)24-17(4)19-12-13-21(22(14-19)26-5)27-15-16(2)3/h7-14,16-17,20H,6,15H2,1-5H3,(H,24,25). The summed E-state index contributed by atoms with van der Waals surface area (Å²) in [6.45, 7) is 8.87. The van der Waals surface area contributed by atoms with Crippen molar-refractivity contribution in [1.29, 1.82) is 0 Å². The Balaban J connectivity index is 2.10. The topological polar surface area (TPSA) is 47.6 Å². The van der Waals surface area contributed by atoms with Crippen LogP contribution in [0, 0.1) is 5.92 Å². The zero-order valence-electron chi connectivity index (χ0n) is 17.0. The van der Waals surface area contributed by atoms with Gasteiger partial charge in [0.15, 0.2) is 11.5 Å². The number of carbonyl (C=O) groups is 1. The van der Waals surface area contributed by atoms with Crippen LogP contribution in [0.4, 0.5) is 0 Å². The van der Waals surface area contributed by atoms with Crippen LogP contribution in [0.5, 0.6) is 11.5 Å². The van der Waals surface area contributed by atoms with E-state index in [2.05, 4.69) is 19.2 Å². The van der Waals surface area contributed by atoms with Crippen molar-refractivity contribution in [2.45, 2.75) is 46.1 Å². The van der Waals surface area contributed by atoms with E-state index in [0.717, 1.165) is 23.3 Å². The van der Waals surface area contributed by atoms with Gasteiger partial charge in [0.25, 0.3) is 0 Å². The monoisotopic (exact) mass is 369 g/mol. The third-order valence-corrected chi connectivity index (χ3v) is 4.55. The molecule has 2 aromatic carbocycles. The zero-order chi connectivity index (χ0) is 19.8. The average Bonchev–Trinajstić information content (AvgIpc) is 2.67. The molecule has 0 aromatic heterocycles. The molecule has 2 atom stereocenters. The molecule has 0 saturated carbocycles. The Labute approximate surface area is 162 Å². The average molecular weight is 370 g/mol. The summed E-state index contributed by atoms with van der Waals surface area (Å²) in [6, 6.07) is 15.6. The van der Waals surface area contributed by atoms with Crippen LogP contribution in [0.2, 0.25) is 0 Å². The van der Waals surface area contributed by atoms with Crippen molar-refractivity contribution in [2.24, 2.45) is 5.92 Å². The molecule has 146 valence electrons. The highest BCUT2D eigenvalue weighted by Gasteiger charge is 2.21. The van der Waals surface area contributed by atoms with E-state index in [4.69, 9.17) is 9.47 Å². The van der Waals surface area contributed by atoms with Gasteiger partial charge in [-0.05, 0) is 42.5 Å². The van der Waals surface area contributed by atoms with Crippen molar-refractivity contribution in [2.75, 3.05) is 13.7 Å². The van der Waals surface area contributed by atoms with Crippen molar-refractivity contribution in [1.82, 2.24) is 5.32 Å². The van der Waals surface area contributed by atoms with Crippen molar-refractivity contribution in [3.05, 3.63) is 59.7 Å². The molecule has 0 radical (unpaired) electrons. The van der Waals surface area contributed by atoms with E-state index in [9.17, 15) is 4.79 Å². The molecule has 2 unspecified atom stereocenters. The second-order valence-electron chi connectivity index (χ2n) is 7.22. The summed E-state index contributed by atoms with van der Waals surface area (Å²) in [7, 11) is 1.63. The predicted octanol–water partition coefficient (Wildman–Crippen LogP) is 5.10. The molecule has 0 fully saturated rings. The van der Waals surface area contributed by atoms with Gasteiger partial charge < -0.3 is 14.8 Å². The summed E-state index contributed by atoms with van der Waals surface area (Å²) >= 11 is 0.